The number of benzene rings is 2. The molecule has 0 bridgehead atoms. The van der Waals surface area contributed by atoms with Gasteiger partial charge in [0.05, 0.1) is 6.61 Å². The Morgan fingerprint density at radius 3 is 2.27 bits per heavy atom. The van der Waals surface area contributed by atoms with Gasteiger partial charge < -0.3 is 19.6 Å². The van der Waals surface area contributed by atoms with Crippen molar-refractivity contribution in [3.8, 4) is 0 Å². The third-order valence-corrected chi connectivity index (χ3v) is 10.4. The number of piperidine rings is 1. The number of carbonyl (C=O) groups excluding carboxylic acids is 1. The summed E-state index contributed by atoms with van der Waals surface area (Å²) in [6.07, 6.45) is 10.1. The summed E-state index contributed by atoms with van der Waals surface area (Å²) in [5.74, 6) is 0.334. The lowest BCUT2D eigenvalue weighted by atomic mass is 9.83. The number of unbranched alkanes of at least 4 members (excludes halogenated alkanes) is 1. The third kappa shape index (κ3) is 8.63. The molecule has 3 fully saturated rings. The van der Waals surface area contributed by atoms with E-state index >= 15 is 0 Å². The molecule has 1 saturated carbocycles. The van der Waals surface area contributed by atoms with Crippen LogP contribution in [-0.2, 0) is 16.0 Å². The number of carbonyl (C=O) groups is 2. The zero-order valence-electron chi connectivity index (χ0n) is 26.7. The number of ether oxygens (including phenoxy) is 1. The van der Waals surface area contributed by atoms with Crippen LogP contribution in [-0.4, -0.2) is 89.8 Å². The molecule has 0 spiro atoms. The SMILES string of the molecule is CCCCN(C(=O)OCCc1ccccc1)C1CCN(C[C@H]2CN([C@@H](C(=O)O)C3CCCCC3)C[C@@H]2c2ccccc2)CC1. The van der Waals surface area contributed by atoms with Gasteiger partial charge in [0.15, 0.2) is 0 Å². The molecule has 240 valence electrons. The van der Waals surface area contributed by atoms with Gasteiger partial charge in [-0.2, -0.15) is 0 Å². The van der Waals surface area contributed by atoms with Crippen molar-refractivity contribution in [3.05, 3.63) is 71.8 Å². The number of hydrogen-bond donors (Lipinski definition) is 1. The standard InChI is InChI=1S/C37H53N3O4/c1-2-3-22-40(37(43)44-25-21-29-13-7-4-8-14-29)33-19-23-38(24-20-33)26-32-27-39(28-34(32)30-15-9-5-10-16-30)35(36(41)42)31-17-11-6-12-18-31/h4-5,7-10,13-16,31-35H,2-3,6,11-12,17-28H2,1H3,(H,41,42)/t32-,34+,35+/m0/s1. The zero-order chi connectivity index (χ0) is 30.7. The molecular weight excluding hydrogens is 550 g/mol. The molecule has 5 rings (SSSR count). The monoisotopic (exact) mass is 603 g/mol. The van der Waals surface area contributed by atoms with Crippen molar-refractivity contribution < 1.29 is 19.4 Å². The van der Waals surface area contributed by atoms with E-state index in [4.69, 9.17) is 4.74 Å². The Balaban J connectivity index is 1.19. The Labute approximate surface area is 264 Å². The van der Waals surface area contributed by atoms with E-state index in [1.54, 1.807) is 0 Å². The molecule has 7 nitrogen and oxygen atoms in total. The summed E-state index contributed by atoms with van der Waals surface area (Å²) in [5, 5.41) is 10.4. The van der Waals surface area contributed by atoms with Crippen molar-refractivity contribution in [1.29, 1.82) is 0 Å². The highest BCUT2D eigenvalue weighted by Gasteiger charge is 2.43. The highest BCUT2D eigenvalue weighted by atomic mass is 16.6. The normalized spacial score (nSPS) is 22.9. The fourth-order valence-corrected chi connectivity index (χ4v) is 7.98. The summed E-state index contributed by atoms with van der Waals surface area (Å²) < 4.78 is 5.78. The van der Waals surface area contributed by atoms with E-state index in [9.17, 15) is 14.7 Å². The first-order chi connectivity index (χ1) is 21.5. The number of amides is 1. The van der Waals surface area contributed by atoms with Crippen molar-refractivity contribution in [2.75, 3.05) is 45.9 Å². The minimum atomic E-state index is -0.645. The Kier molecular flexibility index (Phi) is 12.1. The minimum Gasteiger partial charge on any atom is -0.480 e. The summed E-state index contributed by atoms with van der Waals surface area (Å²) >= 11 is 0. The molecular formula is C37H53N3O4. The molecule has 2 aromatic rings. The van der Waals surface area contributed by atoms with Gasteiger partial charge in [-0.1, -0.05) is 93.3 Å². The van der Waals surface area contributed by atoms with Gasteiger partial charge in [0, 0.05) is 57.6 Å². The Bertz CT molecular complexity index is 1150. The number of carboxylic acids is 1. The van der Waals surface area contributed by atoms with E-state index in [1.807, 2.05) is 23.1 Å². The Hall–Kier alpha value is -2.90. The van der Waals surface area contributed by atoms with Gasteiger partial charge in [-0.25, -0.2) is 4.79 Å². The molecule has 0 unspecified atom stereocenters. The first-order valence-electron chi connectivity index (χ1n) is 17.2. The summed E-state index contributed by atoms with van der Waals surface area (Å²) in [5.41, 5.74) is 2.51. The minimum absolute atomic E-state index is 0.175. The van der Waals surface area contributed by atoms with Gasteiger partial charge in [-0.15, -0.1) is 0 Å². The molecule has 2 heterocycles. The lowest BCUT2D eigenvalue weighted by Gasteiger charge is -2.39. The average Bonchev–Trinajstić information content (AvgIpc) is 3.46. The smallest absolute Gasteiger partial charge is 0.410 e. The molecule has 3 aliphatic rings. The molecule has 2 aliphatic heterocycles. The summed E-state index contributed by atoms with van der Waals surface area (Å²) in [6, 6.07) is 20.7. The maximum Gasteiger partial charge on any atom is 0.410 e. The van der Waals surface area contributed by atoms with Crippen molar-refractivity contribution in [2.45, 2.75) is 89.1 Å². The number of carboxylic acid groups (broad SMARTS) is 1. The van der Waals surface area contributed by atoms with Crippen LogP contribution in [0.1, 0.15) is 81.8 Å². The number of aliphatic carboxylic acids is 1. The Morgan fingerprint density at radius 1 is 0.932 bits per heavy atom. The molecule has 0 radical (unpaired) electrons. The van der Waals surface area contributed by atoms with Crippen LogP contribution in [0, 0.1) is 11.8 Å². The van der Waals surface area contributed by atoms with Gasteiger partial charge in [0.25, 0.3) is 0 Å². The van der Waals surface area contributed by atoms with Gasteiger partial charge >= 0.3 is 12.1 Å². The van der Waals surface area contributed by atoms with Crippen molar-refractivity contribution in [3.63, 3.8) is 0 Å². The second-order valence-electron chi connectivity index (χ2n) is 13.3. The molecule has 1 aliphatic carbocycles. The summed E-state index contributed by atoms with van der Waals surface area (Å²) in [6.45, 7) is 7.84. The molecule has 1 N–H and O–H groups in total. The number of hydrogen-bond acceptors (Lipinski definition) is 5. The second kappa shape index (κ2) is 16.4. The van der Waals surface area contributed by atoms with Gasteiger partial charge in [0.2, 0.25) is 0 Å². The Morgan fingerprint density at radius 2 is 1.61 bits per heavy atom. The van der Waals surface area contributed by atoms with Crippen molar-refractivity contribution in [1.82, 2.24) is 14.7 Å². The molecule has 1 amide bonds. The van der Waals surface area contributed by atoms with Crippen molar-refractivity contribution >= 4 is 12.1 Å². The molecule has 44 heavy (non-hydrogen) atoms. The van der Waals surface area contributed by atoms with E-state index in [0.717, 1.165) is 97.1 Å². The van der Waals surface area contributed by atoms with E-state index in [2.05, 4.69) is 59.2 Å². The fraction of sp³-hybridized carbons (Fsp3) is 0.622. The van der Waals surface area contributed by atoms with Gasteiger partial charge in [-0.05, 0) is 55.1 Å². The van der Waals surface area contributed by atoms with Crippen LogP contribution >= 0.6 is 0 Å². The maximum atomic E-state index is 13.2. The van der Waals surface area contributed by atoms with E-state index in [0.29, 0.717) is 18.4 Å². The van der Waals surface area contributed by atoms with E-state index in [1.165, 1.54) is 17.5 Å². The molecule has 3 atom stereocenters. The largest absolute Gasteiger partial charge is 0.480 e. The van der Waals surface area contributed by atoms with Crippen LogP contribution in [0.2, 0.25) is 0 Å². The predicted octanol–water partition coefficient (Wildman–Crippen LogP) is 6.68. The lowest BCUT2D eigenvalue weighted by Crippen LogP contribution is -2.49. The van der Waals surface area contributed by atoms with Crippen LogP contribution in [0.3, 0.4) is 0 Å². The number of nitrogens with zero attached hydrogens (tertiary/aromatic N) is 3. The second-order valence-corrected chi connectivity index (χ2v) is 13.3. The quantitative estimate of drug-likeness (QED) is 0.275. The lowest BCUT2D eigenvalue weighted by molar-refractivity contribution is -0.145. The predicted molar refractivity (Wildman–Crippen MR) is 175 cm³/mol. The van der Waals surface area contributed by atoms with Crippen molar-refractivity contribution in [2.24, 2.45) is 11.8 Å². The topological polar surface area (TPSA) is 73.3 Å². The first-order valence-corrected chi connectivity index (χ1v) is 17.2. The molecule has 0 aromatic heterocycles. The van der Waals surface area contributed by atoms with Gasteiger partial charge in [-0.3, -0.25) is 9.69 Å². The van der Waals surface area contributed by atoms with Crippen LogP contribution in [0.4, 0.5) is 4.79 Å². The highest BCUT2D eigenvalue weighted by Crippen LogP contribution is 2.38. The van der Waals surface area contributed by atoms with E-state index < -0.39 is 5.97 Å². The molecule has 2 saturated heterocycles. The van der Waals surface area contributed by atoms with E-state index in [-0.39, 0.29) is 24.1 Å². The third-order valence-electron chi connectivity index (χ3n) is 10.4. The zero-order valence-corrected chi connectivity index (χ0v) is 26.7. The van der Waals surface area contributed by atoms with Crippen LogP contribution < -0.4 is 0 Å². The summed E-state index contributed by atoms with van der Waals surface area (Å²) in [7, 11) is 0. The first kappa shape index (κ1) is 32.5. The molecule has 7 heteroatoms. The number of rotatable bonds is 13. The van der Waals surface area contributed by atoms with Crippen LogP contribution in [0.15, 0.2) is 60.7 Å². The van der Waals surface area contributed by atoms with Crippen LogP contribution in [0.25, 0.3) is 0 Å². The van der Waals surface area contributed by atoms with Gasteiger partial charge in [0.1, 0.15) is 6.04 Å². The summed E-state index contributed by atoms with van der Waals surface area (Å²) in [4.78, 5) is 32.7. The number of likely N-dealkylation sites (tertiary alicyclic amines) is 2. The fourth-order valence-electron chi connectivity index (χ4n) is 7.98. The maximum absolute atomic E-state index is 13.2. The molecule has 2 aromatic carbocycles. The highest BCUT2D eigenvalue weighted by molar-refractivity contribution is 5.74. The average molecular weight is 604 g/mol. The van der Waals surface area contributed by atoms with Crippen LogP contribution in [0.5, 0.6) is 0 Å².